The number of aldehydes is 1. The number of likely N-dealkylation sites (N-methyl/N-ethyl adjacent to an activating group) is 1. The molecule has 0 unspecified atom stereocenters. The standard InChI is InChI=1S/C47H67NO15/c1-48(47(50)63-39-46-44-8-4-2-6-42(44)43-7-3-5-9-45(43)46)14-15-51-16-17-52-18-19-53-20-21-54-22-23-55-24-25-56-26-27-57-28-29-58-30-31-59-32-33-60-34-35-61-36-37-62-41-12-10-40(38-49)11-13-41/h2-13,38,46H,14-37,39H2,1H3. The molecule has 0 saturated heterocycles. The molecule has 0 heterocycles. The maximum Gasteiger partial charge on any atom is 0.409 e. The Morgan fingerprint density at radius 3 is 1.16 bits per heavy atom. The summed E-state index contributed by atoms with van der Waals surface area (Å²) in [7, 11) is 1.71. The normalized spacial score (nSPS) is 12.0. The van der Waals surface area contributed by atoms with E-state index < -0.39 is 0 Å². The molecule has 0 aliphatic heterocycles. The SMILES string of the molecule is CN(CCOCCOCCOCCOCCOCCOCCOCCOCCOCCOCCOCCOc1ccc(C=O)cc1)C(=O)OCC1c2ccccc2-c2ccccc21. The number of nitrogens with zero attached hydrogens (tertiary/aromatic N) is 1. The molecule has 1 amide bonds. The molecular weight excluding hydrogens is 819 g/mol. The average Bonchev–Trinajstić information content (AvgIpc) is 3.64. The maximum absolute atomic E-state index is 12.6. The van der Waals surface area contributed by atoms with E-state index in [-0.39, 0.29) is 12.0 Å². The van der Waals surface area contributed by atoms with Crippen molar-refractivity contribution >= 4 is 12.4 Å². The number of benzene rings is 3. The van der Waals surface area contributed by atoms with Gasteiger partial charge in [0.2, 0.25) is 0 Å². The second-order valence-electron chi connectivity index (χ2n) is 14.0. The van der Waals surface area contributed by atoms with Crippen LogP contribution in [0.2, 0.25) is 0 Å². The Bertz CT molecular complexity index is 1570. The van der Waals surface area contributed by atoms with E-state index >= 15 is 0 Å². The molecule has 0 saturated carbocycles. The summed E-state index contributed by atoms with van der Waals surface area (Å²) in [4.78, 5) is 24.8. The highest BCUT2D eigenvalue weighted by Gasteiger charge is 2.29. The van der Waals surface area contributed by atoms with E-state index in [0.29, 0.717) is 176 Å². The lowest BCUT2D eigenvalue weighted by Gasteiger charge is -2.19. The van der Waals surface area contributed by atoms with Crippen LogP contribution in [0.3, 0.4) is 0 Å². The van der Waals surface area contributed by atoms with Gasteiger partial charge in [0.05, 0.1) is 145 Å². The van der Waals surface area contributed by atoms with Crippen molar-refractivity contribution in [1.29, 1.82) is 0 Å². The van der Waals surface area contributed by atoms with Gasteiger partial charge in [-0.05, 0) is 46.5 Å². The fourth-order valence-corrected chi connectivity index (χ4v) is 6.16. The largest absolute Gasteiger partial charge is 0.491 e. The van der Waals surface area contributed by atoms with Crippen molar-refractivity contribution in [2.75, 3.05) is 172 Å². The fourth-order valence-electron chi connectivity index (χ4n) is 6.16. The van der Waals surface area contributed by atoms with Crippen molar-refractivity contribution < 1.29 is 71.2 Å². The van der Waals surface area contributed by atoms with Gasteiger partial charge in [0.1, 0.15) is 25.2 Å². The zero-order valence-electron chi connectivity index (χ0n) is 36.8. The van der Waals surface area contributed by atoms with E-state index in [1.165, 1.54) is 27.2 Å². The summed E-state index contributed by atoms with van der Waals surface area (Å²) in [6.07, 6.45) is 0.428. The summed E-state index contributed by atoms with van der Waals surface area (Å²) < 4.78 is 72.0. The molecule has 4 rings (SSSR count). The van der Waals surface area contributed by atoms with Crippen molar-refractivity contribution in [3.63, 3.8) is 0 Å². The predicted octanol–water partition coefficient (Wildman–Crippen LogP) is 4.94. The molecule has 3 aromatic carbocycles. The molecule has 350 valence electrons. The molecular formula is C47H67NO15. The van der Waals surface area contributed by atoms with E-state index in [2.05, 4.69) is 24.3 Å². The Labute approximate surface area is 372 Å². The monoisotopic (exact) mass is 885 g/mol. The third-order valence-corrected chi connectivity index (χ3v) is 9.45. The van der Waals surface area contributed by atoms with E-state index in [1.54, 1.807) is 31.3 Å². The second-order valence-corrected chi connectivity index (χ2v) is 14.0. The minimum Gasteiger partial charge on any atom is -0.491 e. The van der Waals surface area contributed by atoms with E-state index in [1.807, 2.05) is 24.3 Å². The number of carbonyl (C=O) groups is 2. The van der Waals surface area contributed by atoms with Gasteiger partial charge in [-0.1, -0.05) is 48.5 Å². The van der Waals surface area contributed by atoms with Crippen LogP contribution in [-0.2, 0) is 56.8 Å². The van der Waals surface area contributed by atoms with Gasteiger partial charge < -0.3 is 66.5 Å². The number of rotatable bonds is 40. The molecule has 16 nitrogen and oxygen atoms in total. The number of hydrogen-bond donors (Lipinski definition) is 0. The lowest BCUT2D eigenvalue weighted by molar-refractivity contribution is -0.0278. The zero-order chi connectivity index (χ0) is 44.3. The Morgan fingerprint density at radius 1 is 0.460 bits per heavy atom. The maximum atomic E-state index is 12.6. The van der Waals surface area contributed by atoms with Crippen LogP contribution in [0.25, 0.3) is 11.1 Å². The summed E-state index contributed by atoms with van der Waals surface area (Å²) in [6.45, 7) is 11.4. The van der Waals surface area contributed by atoms with Gasteiger partial charge in [-0.3, -0.25) is 4.79 Å². The van der Waals surface area contributed by atoms with Crippen LogP contribution >= 0.6 is 0 Å². The topological polar surface area (TPSA) is 157 Å². The molecule has 0 fully saturated rings. The first kappa shape index (κ1) is 51.6. The molecule has 0 bridgehead atoms. The summed E-state index contributed by atoms with van der Waals surface area (Å²) in [6, 6.07) is 23.5. The lowest BCUT2D eigenvalue weighted by Crippen LogP contribution is -2.32. The van der Waals surface area contributed by atoms with E-state index in [0.717, 1.165) is 6.29 Å². The minimum absolute atomic E-state index is 0.0333. The minimum atomic E-state index is -0.368. The number of carbonyl (C=O) groups excluding carboxylic acids is 2. The highest BCUT2D eigenvalue weighted by molar-refractivity contribution is 5.79. The molecule has 63 heavy (non-hydrogen) atoms. The fraction of sp³-hybridized carbons (Fsp3) is 0.574. The van der Waals surface area contributed by atoms with Crippen molar-refractivity contribution in [3.8, 4) is 16.9 Å². The van der Waals surface area contributed by atoms with Gasteiger partial charge in [0.15, 0.2) is 0 Å². The summed E-state index contributed by atoms with van der Waals surface area (Å²) in [5, 5.41) is 0. The van der Waals surface area contributed by atoms with Crippen LogP contribution in [0, 0.1) is 0 Å². The molecule has 0 radical (unpaired) electrons. The van der Waals surface area contributed by atoms with Crippen molar-refractivity contribution in [2.24, 2.45) is 0 Å². The Morgan fingerprint density at radius 2 is 0.794 bits per heavy atom. The molecule has 1 aliphatic rings. The number of amides is 1. The first-order valence-corrected chi connectivity index (χ1v) is 21.8. The van der Waals surface area contributed by atoms with Crippen molar-refractivity contribution in [1.82, 2.24) is 4.90 Å². The molecule has 0 spiro atoms. The molecule has 0 atom stereocenters. The van der Waals surface area contributed by atoms with Crippen LogP contribution in [-0.4, -0.2) is 189 Å². The number of fused-ring (bicyclic) bond motifs is 3. The van der Waals surface area contributed by atoms with E-state index in [4.69, 9.17) is 61.6 Å². The molecule has 3 aromatic rings. The van der Waals surface area contributed by atoms with Gasteiger partial charge >= 0.3 is 6.09 Å². The predicted molar refractivity (Wildman–Crippen MR) is 234 cm³/mol. The lowest BCUT2D eigenvalue weighted by atomic mass is 9.98. The number of hydrogen-bond acceptors (Lipinski definition) is 15. The first-order chi connectivity index (χ1) is 31.2. The molecule has 0 N–H and O–H groups in total. The van der Waals surface area contributed by atoms with Crippen LogP contribution in [0.15, 0.2) is 72.8 Å². The van der Waals surface area contributed by atoms with Gasteiger partial charge in [-0.2, -0.15) is 0 Å². The number of ether oxygens (including phenoxy) is 13. The Kier molecular flexibility index (Phi) is 28.2. The van der Waals surface area contributed by atoms with Gasteiger partial charge in [0.25, 0.3) is 0 Å². The van der Waals surface area contributed by atoms with Crippen LogP contribution in [0.4, 0.5) is 4.79 Å². The first-order valence-electron chi connectivity index (χ1n) is 21.8. The van der Waals surface area contributed by atoms with Crippen LogP contribution in [0.5, 0.6) is 5.75 Å². The van der Waals surface area contributed by atoms with Gasteiger partial charge in [-0.25, -0.2) is 4.79 Å². The smallest absolute Gasteiger partial charge is 0.409 e. The van der Waals surface area contributed by atoms with Gasteiger partial charge in [0, 0.05) is 25.1 Å². The highest BCUT2D eigenvalue weighted by atomic mass is 16.6. The Balaban J connectivity index is 0.776. The molecule has 16 heteroatoms. The second kappa shape index (κ2) is 34.4. The van der Waals surface area contributed by atoms with Crippen LogP contribution in [0.1, 0.15) is 27.4 Å². The van der Waals surface area contributed by atoms with E-state index in [9.17, 15) is 9.59 Å². The highest BCUT2D eigenvalue weighted by Crippen LogP contribution is 2.44. The quantitative estimate of drug-likeness (QED) is 0.0559. The van der Waals surface area contributed by atoms with Crippen molar-refractivity contribution in [3.05, 3.63) is 89.5 Å². The van der Waals surface area contributed by atoms with Crippen LogP contribution < -0.4 is 4.74 Å². The summed E-state index contributed by atoms with van der Waals surface area (Å²) in [5.74, 6) is 0.732. The molecule has 0 aromatic heterocycles. The van der Waals surface area contributed by atoms with Crippen molar-refractivity contribution in [2.45, 2.75) is 5.92 Å². The average molecular weight is 886 g/mol. The summed E-state index contributed by atoms with van der Waals surface area (Å²) in [5.41, 5.74) is 5.40. The third-order valence-electron chi connectivity index (χ3n) is 9.45. The Hall–Kier alpha value is -4.04. The van der Waals surface area contributed by atoms with Gasteiger partial charge in [-0.15, -0.1) is 0 Å². The zero-order valence-corrected chi connectivity index (χ0v) is 36.8. The summed E-state index contributed by atoms with van der Waals surface area (Å²) >= 11 is 0. The molecule has 1 aliphatic carbocycles. The third kappa shape index (κ3) is 22.4.